The van der Waals surface area contributed by atoms with Crippen LogP contribution >= 0.6 is 0 Å². The Hall–Kier alpha value is -0.610. The smallest absolute Gasteiger partial charge is 0.234 e. The number of rotatable bonds is 5. The van der Waals surface area contributed by atoms with Crippen molar-refractivity contribution in [1.82, 2.24) is 10.6 Å². The molecule has 0 aromatic heterocycles. The normalized spacial score (nSPS) is 25.8. The minimum absolute atomic E-state index is 0.0812. The molecule has 1 saturated heterocycles. The van der Waals surface area contributed by atoms with Gasteiger partial charge in [0.25, 0.3) is 0 Å². The van der Waals surface area contributed by atoms with E-state index < -0.39 is 0 Å². The molecule has 0 aliphatic carbocycles. The van der Waals surface area contributed by atoms with Crippen LogP contribution in [0.25, 0.3) is 0 Å². The molecule has 1 fully saturated rings. The van der Waals surface area contributed by atoms with Crippen LogP contribution < -0.4 is 10.6 Å². The zero-order valence-corrected chi connectivity index (χ0v) is 10.6. The number of carbonyl (C=O) groups excluding carboxylic acids is 1. The monoisotopic (exact) mass is 228 g/mol. The topological polar surface area (TPSA) is 50.4 Å². The molecule has 0 saturated carbocycles. The van der Waals surface area contributed by atoms with Crippen LogP contribution in [0.2, 0.25) is 0 Å². The van der Waals surface area contributed by atoms with Crippen molar-refractivity contribution in [1.29, 1.82) is 0 Å². The van der Waals surface area contributed by atoms with Gasteiger partial charge in [-0.25, -0.2) is 0 Å². The highest BCUT2D eigenvalue weighted by Gasteiger charge is 2.24. The number of ether oxygens (including phenoxy) is 1. The lowest BCUT2D eigenvalue weighted by Gasteiger charge is -2.31. The van der Waals surface area contributed by atoms with Gasteiger partial charge in [-0.3, -0.25) is 4.79 Å². The summed E-state index contributed by atoms with van der Waals surface area (Å²) in [6, 6.07) is 0.290. The highest BCUT2D eigenvalue weighted by atomic mass is 16.5. The van der Waals surface area contributed by atoms with Gasteiger partial charge in [-0.05, 0) is 32.2 Å². The number of hydrogen-bond acceptors (Lipinski definition) is 3. The number of carbonyl (C=O) groups is 1. The Balaban J connectivity index is 2.29. The van der Waals surface area contributed by atoms with Gasteiger partial charge in [-0.2, -0.15) is 0 Å². The molecule has 94 valence electrons. The third-order valence-electron chi connectivity index (χ3n) is 2.80. The Kier molecular flexibility index (Phi) is 5.77. The molecular weight excluding hydrogens is 204 g/mol. The highest BCUT2D eigenvalue weighted by Crippen LogP contribution is 2.19. The summed E-state index contributed by atoms with van der Waals surface area (Å²) in [5.41, 5.74) is 0. The van der Waals surface area contributed by atoms with E-state index in [1.165, 1.54) is 0 Å². The largest absolute Gasteiger partial charge is 0.378 e. The maximum absolute atomic E-state index is 11.4. The predicted octanol–water partition coefficient (Wildman–Crippen LogP) is 0.916. The second kappa shape index (κ2) is 6.86. The van der Waals surface area contributed by atoms with Crippen molar-refractivity contribution in [3.63, 3.8) is 0 Å². The minimum Gasteiger partial charge on any atom is -0.378 e. The summed E-state index contributed by atoms with van der Waals surface area (Å²) < 4.78 is 5.69. The number of hydrogen-bond donors (Lipinski definition) is 2. The van der Waals surface area contributed by atoms with Gasteiger partial charge < -0.3 is 15.4 Å². The first-order valence-electron chi connectivity index (χ1n) is 6.17. The molecule has 1 aliphatic rings. The van der Waals surface area contributed by atoms with E-state index in [0.29, 0.717) is 24.6 Å². The van der Waals surface area contributed by atoms with Crippen LogP contribution in [0.3, 0.4) is 0 Å². The molecule has 0 bridgehead atoms. The van der Waals surface area contributed by atoms with E-state index in [2.05, 4.69) is 24.5 Å². The Labute approximate surface area is 98.1 Å². The quantitative estimate of drug-likeness (QED) is 0.735. The third-order valence-corrected chi connectivity index (χ3v) is 2.80. The molecule has 0 radical (unpaired) electrons. The van der Waals surface area contributed by atoms with Crippen LogP contribution in [0.4, 0.5) is 0 Å². The van der Waals surface area contributed by atoms with Gasteiger partial charge >= 0.3 is 0 Å². The Morgan fingerprint density at radius 2 is 2.25 bits per heavy atom. The highest BCUT2D eigenvalue weighted by molar-refractivity contribution is 5.78. The van der Waals surface area contributed by atoms with E-state index in [9.17, 15) is 4.79 Å². The van der Waals surface area contributed by atoms with Crippen molar-refractivity contribution in [2.75, 3.05) is 20.2 Å². The average molecular weight is 228 g/mol. The summed E-state index contributed by atoms with van der Waals surface area (Å²) >= 11 is 0. The molecule has 4 nitrogen and oxygen atoms in total. The first kappa shape index (κ1) is 13.5. The molecule has 1 aliphatic heterocycles. The Bertz CT molecular complexity index is 219. The van der Waals surface area contributed by atoms with Crippen molar-refractivity contribution < 1.29 is 9.53 Å². The molecule has 2 N–H and O–H groups in total. The molecule has 16 heavy (non-hydrogen) atoms. The van der Waals surface area contributed by atoms with Crippen molar-refractivity contribution in [3.8, 4) is 0 Å². The summed E-state index contributed by atoms with van der Waals surface area (Å²) in [7, 11) is 1.78. The van der Waals surface area contributed by atoms with E-state index in [1.807, 2.05) is 0 Å². The lowest BCUT2D eigenvalue weighted by atomic mass is 9.96. The second-order valence-corrected chi connectivity index (χ2v) is 4.94. The second-order valence-electron chi connectivity index (χ2n) is 4.94. The van der Waals surface area contributed by atoms with Gasteiger partial charge in [-0.1, -0.05) is 13.8 Å². The molecular formula is C12H24N2O2. The Morgan fingerprint density at radius 1 is 1.50 bits per heavy atom. The number of amides is 1. The van der Waals surface area contributed by atoms with Gasteiger partial charge in [0.15, 0.2) is 0 Å². The van der Waals surface area contributed by atoms with E-state index in [-0.39, 0.29) is 5.91 Å². The Morgan fingerprint density at radius 3 is 2.88 bits per heavy atom. The zero-order chi connectivity index (χ0) is 12.0. The van der Waals surface area contributed by atoms with Crippen LogP contribution in [0, 0.1) is 5.92 Å². The summed E-state index contributed by atoms with van der Waals surface area (Å²) in [4.78, 5) is 11.4. The van der Waals surface area contributed by atoms with Crippen molar-refractivity contribution in [3.05, 3.63) is 0 Å². The van der Waals surface area contributed by atoms with E-state index in [4.69, 9.17) is 4.74 Å². The lowest BCUT2D eigenvalue weighted by molar-refractivity contribution is -0.122. The summed E-state index contributed by atoms with van der Waals surface area (Å²) in [6.45, 7) is 5.56. The van der Waals surface area contributed by atoms with Gasteiger partial charge in [-0.15, -0.1) is 0 Å². The number of likely N-dealkylation sites (N-methyl/N-ethyl adjacent to an activating group) is 1. The molecule has 2 unspecified atom stereocenters. The first-order valence-corrected chi connectivity index (χ1v) is 6.17. The zero-order valence-electron chi connectivity index (χ0n) is 10.6. The average Bonchev–Trinajstić information content (AvgIpc) is 2.17. The van der Waals surface area contributed by atoms with E-state index in [0.717, 1.165) is 25.9 Å². The van der Waals surface area contributed by atoms with Gasteiger partial charge in [0.05, 0.1) is 12.6 Å². The van der Waals surface area contributed by atoms with Gasteiger partial charge in [0, 0.05) is 12.6 Å². The maximum Gasteiger partial charge on any atom is 0.234 e. The molecule has 0 aromatic carbocycles. The van der Waals surface area contributed by atoms with Gasteiger partial charge in [0.2, 0.25) is 5.91 Å². The van der Waals surface area contributed by atoms with Crippen molar-refractivity contribution >= 4 is 5.91 Å². The molecule has 1 heterocycles. The predicted molar refractivity (Wildman–Crippen MR) is 64.3 cm³/mol. The van der Waals surface area contributed by atoms with Crippen LogP contribution in [0.1, 0.15) is 33.1 Å². The minimum atomic E-state index is 0.0812. The molecule has 4 heteroatoms. The van der Waals surface area contributed by atoms with E-state index >= 15 is 0 Å². The maximum atomic E-state index is 11.4. The third kappa shape index (κ3) is 4.94. The van der Waals surface area contributed by atoms with E-state index in [1.54, 1.807) is 7.05 Å². The molecule has 0 aromatic rings. The number of nitrogens with one attached hydrogen (secondary N) is 2. The fourth-order valence-electron chi connectivity index (χ4n) is 2.14. The fraction of sp³-hybridized carbons (Fsp3) is 0.917. The van der Waals surface area contributed by atoms with Crippen LogP contribution in [-0.4, -0.2) is 38.3 Å². The molecule has 1 rings (SSSR count). The molecule has 0 spiro atoms. The van der Waals surface area contributed by atoms with Crippen LogP contribution in [0.5, 0.6) is 0 Å². The van der Waals surface area contributed by atoms with Crippen molar-refractivity contribution in [2.24, 2.45) is 5.92 Å². The SMILES string of the molecule is CNCC(=O)NC1CCOC(CC(C)C)C1. The lowest BCUT2D eigenvalue weighted by Crippen LogP contribution is -2.44. The summed E-state index contributed by atoms with van der Waals surface area (Å²) in [6.07, 6.45) is 3.28. The van der Waals surface area contributed by atoms with Crippen molar-refractivity contribution in [2.45, 2.75) is 45.3 Å². The van der Waals surface area contributed by atoms with Crippen LogP contribution in [0.15, 0.2) is 0 Å². The first-order chi connectivity index (χ1) is 7.61. The molecule has 2 atom stereocenters. The van der Waals surface area contributed by atoms with Gasteiger partial charge in [0.1, 0.15) is 0 Å². The molecule has 1 amide bonds. The fourth-order valence-corrected chi connectivity index (χ4v) is 2.14. The standard InChI is InChI=1S/C12H24N2O2/c1-9(2)6-11-7-10(4-5-16-11)14-12(15)8-13-3/h9-11,13H,4-8H2,1-3H3,(H,14,15). The van der Waals surface area contributed by atoms with Crippen LogP contribution in [-0.2, 0) is 9.53 Å². The summed E-state index contributed by atoms with van der Waals surface area (Å²) in [5.74, 6) is 0.731. The summed E-state index contributed by atoms with van der Waals surface area (Å²) in [5, 5.41) is 5.90.